The number of carboxylic acid groups (broad SMARTS) is 2. The first kappa shape index (κ1) is 33.5. The Labute approximate surface area is 200 Å². The Balaban J connectivity index is 0. The van der Waals surface area contributed by atoms with E-state index in [9.17, 15) is 14.4 Å². The Morgan fingerprint density at radius 1 is 0.697 bits per heavy atom. The van der Waals surface area contributed by atoms with Gasteiger partial charge in [0, 0.05) is 13.0 Å². The Bertz CT molecular complexity index is 491. The summed E-state index contributed by atoms with van der Waals surface area (Å²) in [5, 5.41) is 19.9. The number of amides is 1. The van der Waals surface area contributed by atoms with Gasteiger partial charge in [0.25, 0.3) is 0 Å². The van der Waals surface area contributed by atoms with Crippen LogP contribution in [0.3, 0.4) is 0 Å². The van der Waals surface area contributed by atoms with E-state index in [2.05, 4.69) is 12.2 Å². The lowest BCUT2D eigenvalue weighted by Gasteiger charge is -2.07. The summed E-state index contributed by atoms with van der Waals surface area (Å²) in [5.74, 6) is -1.79. The maximum atomic E-state index is 11.6. The zero-order valence-electron chi connectivity index (χ0n) is 20.7. The highest BCUT2D eigenvalue weighted by Gasteiger charge is 2.10. The molecule has 0 aliphatic heterocycles. The van der Waals surface area contributed by atoms with Gasteiger partial charge in [-0.05, 0) is 45.1 Å². The Kier molecular flexibility index (Phi) is 25.3. The van der Waals surface area contributed by atoms with Gasteiger partial charge in [0.15, 0.2) is 0 Å². The minimum Gasteiger partial charge on any atom is -0.480 e. The molecule has 0 aliphatic carbocycles. The molecule has 0 aromatic carbocycles. The molecular weight excluding hydrogens is 424 g/mol. The first-order chi connectivity index (χ1) is 15.8. The predicted octanol–water partition coefficient (Wildman–Crippen LogP) is 3.13. The minimum atomic E-state index is -0.959. The Morgan fingerprint density at radius 2 is 1.15 bits per heavy atom. The van der Waals surface area contributed by atoms with Crippen LogP contribution in [0.5, 0.6) is 0 Å². The summed E-state index contributed by atoms with van der Waals surface area (Å²) in [6.07, 6.45) is 16.0. The van der Waals surface area contributed by atoms with Crippen molar-refractivity contribution in [1.82, 2.24) is 5.32 Å². The van der Waals surface area contributed by atoms with Crippen LogP contribution in [-0.4, -0.2) is 53.2 Å². The molecule has 0 aliphatic rings. The molecule has 2 unspecified atom stereocenters. The van der Waals surface area contributed by atoms with Crippen LogP contribution in [0, 0.1) is 0 Å². The number of hydrogen-bond donors (Lipinski definition) is 6. The van der Waals surface area contributed by atoms with Crippen molar-refractivity contribution in [2.45, 2.75) is 122 Å². The maximum absolute atomic E-state index is 11.6. The van der Waals surface area contributed by atoms with Gasteiger partial charge in [0.05, 0.1) is 0 Å². The summed E-state index contributed by atoms with van der Waals surface area (Å²) in [7, 11) is 0. The van der Waals surface area contributed by atoms with Gasteiger partial charge in [0.2, 0.25) is 5.91 Å². The van der Waals surface area contributed by atoms with Crippen molar-refractivity contribution in [2.75, 3.05) is 13.1 Å². The summed E-state index contributed by atoms with van der Waals surface area (Å²) in [6.45, 7) is 3.45. The van der Waals surface area contributed by atoms with E-state index in [4.69, 9.17) is 27.4 Å². The summed E-state index contributed by atoms with van der Waals surface area (Å²) < 4.78 is 0. The van der Waals surface area contributed by atoms with Crippen LogP contribution in [0.25, 0.3) is 0 Å². The van der Waals surface area contributed by atoms with E-state index in [0.29, 0.717) is 32.4 Å². The molecule has 9 N–H and O–H groups in total. The molecule has 0 rings (SSSR count). The average Bonchev–Trinajstić information content (AvgIpc) is 2.78. The van der Waals surface area contributed by atoms with Crippen LogP contribution in [0.4, 0.5) is 0 Å². The second-order valence-corrected chi connectivity index (χ2v) is 8.60. The van der Waals surface area contributed by atoms with Crippen molar-refractivity contribution in [3.05, 3.63) is 0 Å². The number of carboxylic acids is 2. The molecule has 0 bridgehead atoms. The Morgan fingerprint density at radius 3 is 1.61 bits per heavy atom. The number of nitrogens with two attached hydrogens (primary N) is 3. The first-order valence-electron chi connectivity index (χ1n) is 12.7. The molecule has 0 heterocycles. The number of carbonyl (C=O) groups is 3. The molecule has 196 valence electrons. The van der Waals surface area contributed by atoms with Crippen molar-refractivity contribution >= 4 is 17.8 Å². The van der Waals surface area contributed by atoms with Crippen LogP contribution in [-0.2, 0) is 14.4 Å². The minimum absolute atomic E-state index is 0.107. The smallest absolute Gasteiger partial charge is 0.320 e. The molecule has 9 heteroatoms. The van der Waals surface area contributed by atoms with Crippen molar-refractivity contribution in [2.24, 2.45) is 17.2 Å². The van der Waals surface area contributed by atoms with Crippen molar-refractivity contribution in [1.29, 1.82) is 0 Å². The van der Waals surface area contributed by atoms with Crippen molar-refractivity contribution in [3.8, 4) is 0 Å². The van der Waals surface area contributed by atoms with Crippen molar-refractivity contribution in [3.63, 3.8) is 0 Å². The molecule has 0 spiro atoms. The summed E-state index contributed by atoms with van der Waals surface area (Å²) in [4.78, 5) is 32.3. The lowest BCUT2D eigenvalue weighted by atomic mass is 10.1. The number of rotatable bonds is 21. The fourth-order valence-electron chi connectivity index (χ4n) is 3.16. The molecule has 0 aromatic heterocycles. The van der Waals surface area contributed by atoms with Crippen LogP contribution < -0.4 is 22.5 Å². The SMILES string of the molecule is CCCCCCCCCCCC(=O)NCCCCC(N)C(=O)O.NCCCCC(N)C(=O)O. The van der Waals surface area contributed by atoms with E-state index in [1.54, 1.807) is 0 Å². The summed E-state index contributed by atoms with van der Waals surface area (Å²) in [6, 6.07) is -1.50. The average molecular weight is 475 g/mol. The number of nitrogens with one attached hydrogen (secondary N) is 1. The second kappa shape index (κ2) is 24.9. The van der Waals surface area contributed by atoms with E-state index in [1.807, 2.05) is 0 Å². The van der Waals surface area contributed by atoms with Gasteiger partial charge in [-0.1, -0.05) is 64.7 Å². The quantitative estimate of drug-likeness (QED) is 0.137. The first-order valence-corrected chi connectivity index (χ1v) is 12.7. The normalized spacial score (nSPS) is 12.4. The highest BCUT2D eigenvalue weighted by Crippen LogP contribution is 2.10. The molecule has 0 saturated carbocycles. The third-order valence-corrected chi connectivity index (χ3v) is 5.38. The molecular formula is C24H50N4O5. The lowest BCUT2D eigenvalue weighted by molar-refractivity contribution is -0.139. The fourth-order valence-corrected chi connectivity index (χ4v) is 3.16. The molecule has 0 saturated heterocycles. The number of unbranched alkanes of at least 4 members (excludes halogenated alkanes) is 10. The predicted molar refractivity (Wildman–Crippen MR) is 133 cm³/mol. The number of hydrogen-bond acceptors (Lipinski definition) is 6. The van der Waals surface area contributed by atoms with Crippen LogP contribution in [0.1, 0.15) is 110 Å². The molecule has 1 amide bonds. The standard InChI is InChI=1S/C18H36N2O3.C6H14N2O2/c1-2-3-4-5-6-7-8-9-10-14-17(21)20-15-12-11-13-16(19)18(22)23;7-4-2-1-3-5(8)6(9)10/h16H,2-15,19H2,1H3,(H,20,21)(H,22,23);5H,1-4,7-8H2,(H,9,10). The zero-order chi connectivity index (χ0) is 25.3. The molecule has 0 radical (unpaired) electrons. The number of aliphatic carboxylic acids is 2. The molecule has 0 fully saturated rings. The Hall–Kier alpha value is -1.71. The van der Waals surface area contributed by atoms with E-state index < -0.39 is 24.0 Å². The van der Waals surface area contributed by atoms with E-state index in [1.165, 1.54) is 44.9 Å². The van der Waals surface area contributed by atoms with Gasteiger partial charge >= 0.3 is 11.9 Å². The van der Waals surface area contributed by atoms with E-state index >= 15 is 0 Å². The van der Waals surface area contributed by atoms with Gasteiger partial charge in [-0.2, -0.15) is 0 Å². The third-order valence-electron chi connectivity index (χ3n) is 5.38. The number of carbonyl (C=O) groups excluding carboxylic acids is 1. The largest absolute Gasteiger partial charge is 0.480 e. The highest BCUT2D eigenvalue weighted by atomic mass is 16.4. The van der Waals surface area contributed by atoms with Gasteiger partial charge in [-0.25, -0.2) is 0 Å². The van der Waals surface area contributed by atoms with Gasteiger partial charge in [0.1, 0.15) is 12.1 Å². The third kappa shape index (κ3) is 26.4. The van der Waals surface area contributed by atoms with Crippen LogP contribution >= 0.6 is 0 Å². The summed E-state index contributed by atoms with van der Waals surface area (Å²) in [5.41, 5.74) is 15.8. The van der Waals surface area contributed by atoms with Gasteiger partial charge in [-0.3, -0.25) is 14.4 Å². The molecule has 9 nitrogen and oxygen atoms in total. The summed E-state index contributed by atoms with van der Waals surface area (Å²) >= 11 is 0. The lowest BCUT2D eigenvalue weighted by Crippen LogP contribution is -2.30. The van der Waals surface area contributed by atoms with Crippen molar-refractivity contribution < 1.29 is 24.6 Å². The van der Waals surface area contributed by atoms with Gasteiger partial charge < -0.3 is 32.7 Å². The zero-order valence-corrected chi connectivity index (χ0v) is 20.7. The topological polar surface area (TPSA) is 182 Å². The molecule has 0 aromatic rings. The monoisotopic (exact) mass is 474 g/mol. The van der Waals surface area contributed by atoms with Crippen LogP contribution in [0.2, 0.25) is 0 Å². The highest BCUT2D eigenvalue weighted by molar-refractivity contribution is 5.75. The van der Waals surface area contributed by atoms with Gasteiger partial charge in [-0.15, -0.1) is 0 Å². The molecule has 2 atom stereocenters. The van der Waals surface area contributed by atoms with Crippen LogP contribution in [0.15, 0.2) is 0 Å². The fraction of sp³-hybridized carbons (Fsp3) is 0.875. The van der Waals surface area contributed by atoms with E-state index in [-0.39, 0.29) is 5.91 Å². The van der Waals surface area contributed by atoms with E-state index in [0.717, 1.165) is 38.5 Å². The second-order valence-electron chi connectivity index (χ2n) is 8.60. The maximum Gasteiger partial charge on any atom is 0.320 e. The molecule has 33 heavy (non-hydrogen) atoms.